The molecule has 25 heavy (non-hydrogen) atoms. The Morgan fingerprint density at radius 1 is 1.16 bits per heavy atom. The summed E-state index contributed by atoms with van der Waals surface area (Å²) < 4.78 is 27.5. The second kappa shape index (κ2) is 6.96. The standard InChI is InChI=1S/C17H16Cl2N2O3S/c1-21-16-5-4-14(8-12(16)9-17(21)22)25(23,24)20-7-6-11-2-3-13(18)10-15(11)19/h2-5,8,10,20H,6-7,9H2,1H3. The number of amides is 1. The van der Waals surface area contributed by atoms with E-state index >= 15 is 0 Å². The van der Waals surface area contributed by atoms with Gasteiger partial charge in [-0.25, -0.2) is 13.1 Å². The normalized spacial score (nSPS) is 14.0. The number of nitrogens with one attached hydrogen (secondary N) is 1. The molecule has 2 aromatic carbocycles. The van der Waals surface area contributed by atoms with Crippen LogP contribution in [0.1, 0.15) is 11.1 Å². The van der Waals surface area contributed by atoms with Gasteiger partial charge >= 0.3 is 0 Å². The first-order chi connectivity index (χ1) is 11.8. The molecule has 0 fully saturated rings. The summed E-state index contributed by atoms with van der Waals surface area (Å²) in [6, 6.07) is 9.83. The number of anilines is 1. The topological polar surface area (TPSA) is 66.5 Å². The summed E-state index contributed by atoms with van der Waals surface area (Å²) in [5, 5.41) is 1.04. The maximum atomic E-state index is 12.5. The number of nitrogens with zero attached hydrogens (tertiary/aromatic N) is 1. The summed E-state index contributed by atoms with van der Waals surface area (Å²) in [5.41, 5.74) is 2.28. The predicted octanol–water partition coefficient (Wildman–Crippen LogP) is 3.03. The molecule has 1 aliphatic heterocycles. The third-order valence-corrected chi connectivity index (χ3v) is 6.19. The Morgan fingerprint density at radius 2 is 1.92 bits per heavy atom. The number of sulfonamides is 1. The van der Waals surface area contributed by atoms with Crippen molar-refractivity contribution in [3.8, 4) is 0 Å². The molecule has 2 aromatic rings. The molecule has 0 unspecified atom stereocenters. The van der Waals surface area contributed by atoms with Gasteiger partial charge in [-0.05, 0) is 47.9 Å². The molecule has 1 heterocycles. The molecule has 5 nitrogen and oxygen atoms in total. The molecular formula is C17H16Cl2N2O3S. The van der Waals surface area contributed by atoms with E-state index in [-0.39, 0.29) is 23.8 Å². The summed E-state index contributed by atoms with van der Waals surface area (Å²) in [6.07, 6.45) is 0.664. The van der Waals surface area contributed by atoms with E-state index in [0.717, 1.165) is 16.8 Å². The molecule has 8 heteroatoms. The van der Waals surface area contributed by atoms with Gasteiger partial charge < -0.3 is 4.90 Å². The van der Waals surface area contributed by atoms with Crippen molar-refractivity contribution in [2.45, 2.75) is 17.7 Å². The van der Waals surface area contributed by atoms with Crippen molar-refractivity contribution >= 4 is 44.8 Å². The first kappa shape index (κ1) is 18.2. The fourth-order valence-electron chi connectivity index (χ4n) is 2.74. The quantitative estimate of drug-likeness (QED) is 0.841. The van der Waals surface area contributed by atoms with Crippen LogP contribution in [0.15, 0.2) is 41.3 Å². The highest BCUT2D eigenvalue weighted by molar-refractivity contribution is 7.89. The van der Waals surface area contributed by atoms with Gasteiger partial charge in [-0.1, -0.05) is 29.3 Å². The zero-order valence-electron chi connectivity index (χ0n) is 13.4. The van der Waals surface area contributed by atoms with Crippen LogP contribution < -0.4 is 9.62 Å². The average molecular weight is 399 g/mol. The Balaban J connectivity index is 1.70. The minimum absolute atomic E-state index is 0.0464. The summed E-state index contributed by atoms with van der Waals surface area (Å²) in [6.45, 7) is 0.208. The van der Waals surface area contributed by atoms with Gasteiger partial charge in [0.25, 0.3) is 0 Å². The molecule has 0 spiro atoms. The highest BCUT2D eigenvalue weighted by atomic mass is 35.5. The first-order valence-electron chi connectivity index (χ1n) is 7.61. The fourth-order valence-corrected chi connectivity index (χ4v) is 4.33. The Morgan fingerprint density at radius 3 is 2.64 bits per heavy atom. The summed E-state index contributed by atoms with van der Waals surface area (Å²) in [7, 11) is -1.98. The van der Waals surface area contributed by atoms with Crippen LogP contribution in [0.4, 0.5) is 5.69 Å². The lowest BCUT2D eigenvalue weighted by Crippen LogP contribution is -2.26. The van der Waals surface area contributed by atoms with Gasteiger partial charge in [-0.3, -0.25) is 4.79 Å². The molecule has 1 amide bonds. The van der Waals surface area contributed by atoms with Crippen LogP contribution in [-0.2, 0) is 27.7 Å². The van der Waals surface area contributed by atoms with Gasteiger partial charge in [-0.15, -0.1) is 0 Å². The van der Waals surface area contributed by atoms with E-state index in [1.165, 1.54) is 11.0 Å². The van der Waals surface area contributed by atoms with Crippen LogP contribution in [0.5, 0.6) is 0 Å². The highest BCUT2D eigenvalue weighted by Gasteiger charge is 2.26. The smallest absolute Gasteiger partial charge is 0.240 e. The van der Waals surface area contributed by atoms with Crippen molar-refractivity contribution in [2.75, 3.05) is 18.5 Å². The molecule has 3 rings (SSSR count). The van der Waals surface area contributed by atoms with Crippen LogP contribution in [0.25, 0.3) is 0 Å². The average Bonchev–Trinajstić information content (AvgIpc) is 2.83. The molecule has 0 saturated heterocycles. The molecule has 0 aromatic heterocycles. The van der Waals surface area contributed by atoms with Crippen molar-refractivity contribution in [2.24, 2.45) is 0 Å². The van der Waals surface area contributed by atoms with Crippen molar-refractivity contribution in [1.82, 2.24) is 4.72 Å². The molecule has 1 aliphatic rings. The molecular weight excluding hydrogens is 383 g/mol. The Bertz CT molecular complexity index is 945. The fraction of sp³-hybridized carbons (Fsp3) is 0.235. The maximum Gasteiger partial charge on any atom is 0.240 e. The molecule has 0 atom stereocenters. The van der Waals surface area contributed by atoms with Crippen molar-refractivity contribution in [3.05, 3.63) is 57.6 Å². The maximum absolute atomic E-state index is 12.5. The lowest BCUT2D eigenvalue weighted by Gasteiger charge is -2.11. The van der Waals surface area contributed by atoms with Crippen LogP contribution >= 0.6 is 23.2 Å². The molecule has 0 aliphatic carbocycles. The largest absolute Gasteiger partial charge is 0.315 e. The monoisotopic (exact) mass is 398 g/mol. The number of hydrogen-bond acceptors (Lipinski definition) is 3. The van der Waals surface area contributed by atoms with Gasteiger partial charge in [0.1, 0.15) is 0 Å². The Labute approximate surface area is 156 Å². The lowest BCUT2D eigenvalue weighted by molar-refractivity contribution is -0.117. The highest BCUT2D eigenvalue weighted by Crippen LogP contribution is 2.29. The first-order valence-corrected chi connectivity index (χ1v) is 9.85. The van der Waals surface area contributed by atoms with Crippen molar-refractivity contribution in [3.63, 3.8) is 0 Å². The van der Waals surface area contributed by atoms with E-state index in [2.05, 4.69) is 4.72 Å². The second-order valence-corrected chi connectivity index (χ2v) is 8.41. The van der Waals surface area contributed by atoms with E-state index in [0.29, 0.717) is 16.5 Å². The predicted molar refractivity (Wildman–Crippen MR) is 98.9 cm³/mol. The van der Waals surface area contributed by atoms with Gasteiger partial charge in [0, 0.05) is 29.3 Å². The van der Waals surface area contributed by atoms with Gasteiger partial charge in [0.05, 0.1) is 11.3 Å². The van der Waals surface area contributed by atoms with E-state index < -0.39 is 10.0 Å². The third kappa shape index (κ3) is 3.82. The lowest BCUT2D eigenvalue weighted by atomic mass is 10.1. The van der Waals surface area contributed by atoms with Crippen molar-refractivity contribution < 1.29 is 13.2 Å². The number of fused-ring (bicyclic) bond motifs is 1. The number of carbonyl (C=O) groups excluding carboxylic acids is 1. The number of likely N-dealkylation sites (N-methyl/N-ethyl adjacent to an activating group) is 1. The molecule has 0 saturated carbocycles. The van der Waals surface area contributed by atoms with Crippen LogP contribution in [-0.4, -0.2) is 27.9 Å². The number of benzene rings is 2. The van der Waals surface area contributed by atoms with Gasteiger partial charge in [0.15, 0.2) is 0 Å². The molecule has 1 N–H and O–H groups in total. The van der Waals surface area contributed by atoms with Gasteiger partial charge in [0.2, 0.25) is 15.9 Å². The Kier molecular flexibility index (Phi) is 5.06. The second-order valence-electron chi connectivity index (χ2n) is 5.80. The zero-order chi connectivity index (χ0) is 18.2. The van der Waals surface area contributed by atoms with Crippen molar-refractivity contribution in [1.29, 1.82) is 0 Å². The minimum Gasteiger partial charge on any atom is -0.315 e. The van der Waals surface area contributed by atoms with Crippen LogP contribution in [0.3, 0.4) is 0 Å². The SMILES string of the molecule is CN1C(=O)Cc2cc(S(=O)(=O)NCCc3ccc(Cl)cc3Cl)ccc21. The molecule has 0 bridgehead atoms. The zero-order valence-corrected chi connectivity index (χ0v) is 15.7. The van der Waals surface area contributed by atoms with Crippen LogP contribution in [0, 0.1) is 0 Å². The molecule has 132 valence electrons. The van der Waals surface area contributed by atoms with E-state index in [9.17, 15) is 13.2 Å². The van der Waals surface area contributed by atoms with E-state index in [1.54, 1.807) is 37.4 Å². The summed E-state index contributed by atoms with van der Waals surface area (Å²) >= 11 is 11.9. The van der Waals surface area contributed by atoms with E-state index in [1.807, 2.05) is 0 Å². The number of rotatable bonds is 5. The summed E-state index contributed by atoms with van der Waals surface area (Å²) in [5.74, 6) is -0.0464. The number of halogens is 2. The minimum atomic E-state index is -3.66. The Hall–Kier alpha value is -1.60. The third-order valence-electron chi connectivity index (χ3n) is 4.14. The number of carbonyl (C=O) groups is 1. The van der Waals surface area contributed by atoms with E-state index in [4.69, 9.17) is 23.2 Å². The molecule has 0 radical (unpaired) electrons. The van der Waals surface area contributed by atoms with Crippen LogP contribution in [0.2, 0.25) is 10.0 Å². The summed E-state index contributed by atoms with van der Waals surface area (Å²) in [4.78, 5) is 13.4. The van der Waals surface area contributed by atoms with Gasteiger partial charge in [-0.2, -0.15) is 0 Å². The number of hydrogen-bond donors (Lipinski definition) is 1.